The Bertz CT molecular complexity index is 1010. The molecular formula is C28H41N2O+. The monoisotopic (exact) mass is 421 g/mol. The summed E-state index contributed by atoms with van der Waals surface area (Å²) in [7, 11) is 8.32. The van der Waals surface area contributed by atoms with Crippen molar-refractivity contribution in [1.29, 1.82) is 0 Å². The van der Waals surface area contributed by atoms with Crippen LogP contribution in [0.1, 0.15) is 70.3 Å². The molecule has 1 heterocycles. The first-order valence-corrected chi connectivity index (χ1v) is 12.2. The second-order valence-electron chi connectivity index (χ2n) is 9.31. The fourth-order valence-corrected chi connectivity index (χ4v) is 4.39. The highest BCUT2D eigenvalue weighted by Crippen LogP contribution is 2.35. The van der Waals surface area contributed by atoms with Crippen molar-refractivity contribution in [2.45, 2.75) is 71.1 Å². The van der Waals surface area contributed by atoms with Crippen LogP contribution >= 0.6 is 0 Å². The Hall–Kier alpha value is -2.29. The fourth-order valence-electron chi connectivity index (χ4n) is 4.39. The fraction of sp³-hybridized carbons (Fsp3) is 0.536. The molecule has 0 aromatic heterocycles. The summed E-state index contributed by atoms with van der Waals surface area (Å²) in [5.41, 5.74) is 4.86. The minimum Gasteiger partial charge on any atom is -0.456 e. The van der Waals surface area contributed by atoms with E-state index in [2.05, 4.69) is 81.0 Å². The summed E-state index contributed by atoms with van der Waals surface area (Å²) >= 11 is 0. The molecule has 168 valence electrons. The van der Waals surface area contributed by atoms with Crippen molar-refractivity contribution >= 4 is 16.7 Å². The summed E-state index contributed by atoms with van der Waals surface area (Å²) in [6.45, 7) is 2.28. The summed E-state index contributed by atoms with van der Waals surface area (Å²) in [5.74, 6) is 0.987. The Morgan fingerprint density at radius 3 is 2.13 bits per heavy atom. The van der Waals surface area contributed by atoms with Gasteiger partial charge in [0.05, 0.1) is 6.07 Å². The Balaban J connectivity index is 1.80. The number of anilines is 1. The number of unbranched alkanes of at least 4 members (excludes halogenated alkanes) is 8. The number of fused-ring (bicyclic) bond motifs is 2. The van der Waals surface area contributed by atoms with E-state index in [0.717, 1.165) is 17.8 Å². The predicted octanol–water partition coefficient (Wildman–Crippen LogP) is 6.71. The quantitative estimate of drug-likeness (QED) is 0.195. The highest BCUT2D eigenvalue weighted by molar-refractivity contribution is 5.90. The average Bonchev–Trinajstić information content (AvgIpc) is 2.76. The standard InChI is InChI=1S/C28H41N2O/c1-6-7-8-9-10-11-12-13-14-15-24-25-18-16-22(29(2)3)20-27(25)31-28-21-23(30(4)5)17-19-26(24)28/h16-21H,6-15H2,1-5H3/q+1. The smallest absolute Gasteiger partial charge is 0.203 e. The van der Waals surface area contributed by atoms with E-state index < -0.39 is 0 Å². The highest BCUT2D eigenvalue weighted by Gasteiger charge is 2.16. The molecule has 3 rings (SSSR count). The highest BCUT2D eigenvalue weighted by atomic mass is 16.3. The van der Waals surface area contributed by atoms with Crippen LogP contribution < -0.4 is 14.8 Å². The maximum atomic E-state index is 6.41. The number of hydrogen-bond donors (Lipinski definition) is 0. The molecular weight excluding hydrogens is 380 g/mol. The third-order valence-electron chi connectivity index (χ3n) is 6.36. The van der Waals surface area contributed by atoms with Crippen LogP contribution in [0.3, 0.4) is 0 Å². The molecule has 0 saturated heterocycles. The largest absolute Gasteiger partial charge is 0.456 e. The van der Waals surface area contributed by atoms with E-state index in [1.165, 1.54) is 85.3 Å². The molecule has 1 aromatic carbocycles. The molecule has 0 spiro atoms. The van der Waals surface area contributed by atoms with Crippen molar-refractivity contribution in [3.05, 3.63) is 47.3 Å². The number of rotatable bonds is 11. The normalized spacial score (nSPS) is 11.4. The maximum absolute atomic E-state index is 6.41. The SMILES string of the molecule is CCCCCCCCCCCc1c2ccc(=[N+](C)C)cc-2oc2cc(N(C)C)ccc12. The second-order valence-corrected chi connectivity index (χ2v) is 9.31. The molecule has 0 amide bonds. The van der Waals surface area contributed by atoms with Crippen LogP contribution in [0.5, 0.6) is 0 Å². The van der Waals surface area contributed by atoms with E-state index >= 15 is 0 Å². The minimum atomic E-state index is 0.987. The van der Waals surface area contributed by atoms with Gasteiger partial charge in [-0.25, -0.2) is 4.58 Å². The van der Waals surface area contributed by atoms with E-state index in [9.17, 15) is 0 Å². The number of benzene rings is 2. The zero-order valence-electron chi connectivity index (χ0n) is 20.3. The third-order valence-corrected chi connectivity index (χ3v) is 6.36. The Kier molecular flexibility index (Phi) is 8.57. The van der Waals surface area contributed by atoms with Crippen molar-refractivity contribution in [1.82, 2.24) is 4.58 Å². The number of hydrogen-bond acceptors (Lipinski definition) is 2. The van der Waals surface area contributed by atoms with Crippen molar-refractivity contribution in [3.63, 3.8) is 0 Å². The molecule has 1 aliphatic heterocycles. The van der Waals surface area contributed by atoms with Crippen LogP contribution in [0.15, 0.2) is 40.8 Å². The molecule has 0 radical (unpaired) electrons. The van der Waals surface area contributed by atoms with Gasteiger partial charge in [0.25, 0.3) is 0 Å². The Morgan fingerprint density at radius 2 is 1.48 bits per heavy atom. The van der Waals surface area contributed by atoms with Gasteiger partial charge in [-0.1, -0.05) is 58.3 Å². The van der Waals surface area contributed by atoms with E-state index in [4.69, 9.17) is 4.42 Å². The lowest BCUT2D eigenvalue weighted by molar-refractivity contribution is 0.564. The van der Waals surface area contributed by atoms with E-state index in [1.807, 2.05) is 0 Å². The maximum Gasteiger partial charge on any atom is 0.203 e. The van der Waals surface area contributed by atoms with Gasteiger partial charge in [0, 0.05) is 42.9 Å². The summed E-state index contributed by atoms with van der Waals surface area (Å²) in [4.78, 5) is 2.13. The molecule has 3 nitrogen and oxygen atoms in total. The second kappa shape index (κ2) is 11.4. The Morgan fingerprint density at radius 1 is 0.806 bits per heavy atom. The minimum absolute atomic E-state index is 0.987. The van der Waals surface area contributed by atoms with Crippen LogP contribution in [-0.2, 0) is 6.42 Å². The van der Waals surface area contributed by atoms with Gasteiger partial charge in [-0.15, -0.1) is 0 Å². The molecule has 0 saturated carbocycles. The van der Waals surface area contributed by atoms with Gasteiger partial charge >= 0.3 is 0 Å². The van der Waals surface area contributed by atoms with E-state index in [-0.39, 0.29) is 0 Å². The summed E-state index contributed by atoms with van der Waals surface area (Å²) < 4.78 is 8.54. The van der Waals surface area contributed by atoms with Gasteiger partial charge in [-0.2, -0.15) is 0 Å². The molecule has 1 aromatic rings. The molecule has 0 fully saturated rings. The molecule has 0 N–H and O–H groups in total. The summed E-state index contributed by atoms with van der Waals surface area (Å²) in [6.07, 6.45) is 13.3. The van der Waals surface area contributed by atoms with Crippen LogP contribution in [0.25, 0.3) is 22.3 Å². The molecule has 2 aliphatic rings. The zero-order chi connectivity index (χ0) is 22.2. The van der Waals surface area contributed by atoms with Crippen LogP contribution in [-0.4, -0.2) is 28.2 Å². The average molecular weight is 422 g/mol. The number of aryl methyl sites for hydroxylation is 1. The Labute approximate surface area is 188 Å². The van der Waals surface area contributed by atoms with Gasteiger partial charge in [0.15, 0.2) is 0 Å². The van der Waals surface area contributed by atoms with E-state index in [1.54, 1.807) is 0 Å². The summed E-state index contributed by atoms with van der Waals surface area (Å²) in [6, 6.07) is 13.3. The van der Waals surface area contributed by atoms with Gasteiger partial charge in [0.1, 0.15) is 25.4 Å². The lowest BCUT2D eigenvalue weighted by atomic mass is 9.94. The van der Waals surface area contributed by atoms with Gasteiger partial charge in [-0.3, -0.25) is 0 Å². The van der Waals surface area contributed by atoms with Crippen molar-refractivity contribution < 1.29 is 4.42 Å². The molecule has 1 aliphatic carbocycles. The predicted molar refractivity (Wildman–Crippen MR) is 135 cm³/mol. The summed E-state index contributed by atoms with van der Waals surface area (Å²) in [5, 5.41) is 2.43. The van der Waals surface area contributed by atoms with Crippen molar-refractivity contribution in [3.8, 4) is 11.3 Å². The first kappa shape index (κ1) is 23.4. The first-order valence-electron chi connectivity index (χ1n) is 12.2. The van der Waals surface area contributed by atoms with Gasteiger partial charge in [-0.05, 0) is 36.6 Å². The van der Waals surface area contributed by atoms with Gasteiger partial charge in [0.2, 0.25) is 5.36 Å². The molecule has 3 heteroatoms. The van der Waals surface area contributed by atoms with Crippen LogP contribution in [0, 0.1) is 0 Å². The molecule has 31 heavy (non-hydrogen) atoms. The van der Waals surface area contributed by atoms with Crippen molar-refractivity contribution in [2.24, 2.45) is 0 Å². The molecule has 0 unspecified atom stereocenters. The van der Waals surface area contributed by atoms with Crippen LogP contribution in [0.2, 0.25) is 0 Å². The van der Waals surface area contributed by atoms with E-state index in [0.29, 0.717) is 0 Å². The van der Waals surface area contributed by atoms with Crippen LogP contribution in [0.4, 0.5) is 5.69 Å². The lowest BCUT2D eigenvalue weighted by Gasteiger charge is -2.17. The molecule has 0 atom stereocenters. The number of nitrogens with zero attached hydrogens (tertiary/aromatic N) is 2. The zero-order valence-corrected chi connectivity index (χ0v) is 20.3. The first-order chi connectivity index (χ1) is 15.0. The topological polar surface area (TPSA) is 19.4 Å². The molecule has 0 bridgehead atoms. The van der Waals surface area contributed by atoms with Crippen molar-refractivity contribution in [2.75, 3.05) is 33.1 Å². The van der Waals surface area contributed by atoms with Gasteiger partial charge < -0.3 is 9.32 Å². The third kappa shape index (κ3) is 6.12. The lowest BCUT2D eigenvalue weighted by Crippen LogP contribution is -2.21.